The van der Waals surface area contributed by atoms with E-state index in [2.05, 4.69) is 5.32 Å². The van der Waals surface area contributed by atoms with Gasteiger partial charge in [-0.2, -0.15) is 0 Å². The Bertz CT molecular complexity index is 518. The molecule has 0 spiro atoms. The Labute approximate surface area is 140 Å². The smallest absolute Gasteiger partial charge is 0.237 e. The number of hydrogen-bond acceptors (Lipinski definition) is 2. The Kier molecular flexibility index (Phi) is 7.43. The predicted octanol–water partition coefficient (Wildman–Crippen LogP) is 4.10. The van der Waals surface area contributed by atoms with Crippen molar-refractivity contribution in [1.82, 2.24) is 5.32 Å². The van der Waals surface area contributed by atoms with Crippen LogP contribution in [-0.2, 0) is 4.79 Å². The molecule has 0 saturated carbocycles. The maximum Gasteiger partial charge on any atom is 0.237 e. The van der Waals surface area contributed by atoms with Crippen molar-refractivity contribution in [2.24, 2.45) is 11.1 Å². The molecule has 1 amide bonds. The molecule has 0 fully saturated rings. The van der Waals surface area contributed by atoms with Crippen molar-refractivity contribution in [3.05, 3.63) is 33.6 Å². The van der Waals surface area contributed by atoms with Crippen LogP contribution >= 0.6 is 35.6 Å². The van der Waals surface area contributed by atoms with Gasteiger partial charge >= 0.3 is 0 Å². The third-order valence-electron chi connectivity index (χ3n) is 3.08. The van der Waals surface area contributed by atoms with E-state index in [1.54, 1.807) is 6.92 Å². The lowest BCUT2D eigenvalue weighted by atomic mass is 9.86. The number of benzene rings is 1. The molecule has 1 aromatic rings. The van der Waals surface area contributed by atoms with Crippen molar-refractivity contribution in [3.8, 4) is 0 Å². The van der Waals surface area contributed by atoms with Crippen LogP contribution in [0.25, 0.3) is 0 Å². The van der Waals surface area contributed by atoms with E-state index in [-0.39, 0.29) is 28.8 Å². The summed E-state index contributed by atoms with van der Waals surface area (Å²) in [4.78, 5) is 12.0. The second-order valence-electron chi connectivity index (χ2n) is 5.86. The summed E-state index contributed by atoms with van der Waals surface area (Å²) >= 11 is 11.7. The maximum absolute atomic E-state index is 13.5. The van der Waals surface area contributed by atoms with Gasteiger partial charge in [0.1, 0.15) is 5.82 Å². The highest BCUT2D eigenvalue weighted by Gasteiger charge is 2.28. The van der Waals surface area contributed by atoms with Crippen LogP contribution in [0.1, 0.15) is 39.3 Å². The lowest BCUT2D eigenvalue weighted by molar-refractivity contribution is -0.125. The summed E-state index contributed by atoms with van der Waals surface area (Å²) < 4.78 is 13.5. The van der Waals surface area contributed by atoms with E-state index >= 15 is 0 Å². The number of halogens is 4. The van der Waals surface area contributed by atoms with Crippen LogP contribution in [0.15, 0.2) is 12.1 Å². The SMILES string of the molecule is CC(NC(=O)[C@@H](N)C(C)(C)C)c1cc(F)c(Cl)cc1Cl.Cl. The van der Waals surface area contributed by atoms with Gasteiger partial charge in [-0.05, 0) is 30.0 Å². The highest BCUT2D eigenvalue weighted by Crippen LogP contribution is 2.29. The highest BCUT2D eigenvalue weighted by molar-refractivity contribution is 6.35. The summed E-state index contributed by atoms with van der Waals surface area (Å²) in [5.41, 5.74) is 5.97. The molecule has 0 saturated heterocycles. The average Bonchev–Trinajstić information content (AvgIpc) is 2.31. The normalized spacial score (nSPS) is 14.1. The molecule has 0 aliphatic carbocycles. The molecule has 1 aromatic carbocycles. The van der Waals surface area contributed by atoms with Gasteiger partial charge in [0.2, 0.25) is 5.91 Å². The molecular weight excluding hydrogens is 338 g/mol. The molecule has 3 nitrogen and oxygen atoms in total. The van der Waals surface area contributed by atoms with Gasteiger partial charge in [-0.15, -0.1) is 12.4 Å². The largest absolute Gasteiger partial charge is 0.348 e. The second-order valence-corrected chi connectivity index (χ2v) is 6.68. The number of nitrogens with two attached hydrogens (primary N) is 1. The number of carbonyl (C=O) groups excluding carboxylic acids is 1. The van der Waals surface area contributed by atoms with E-state index in [0.29, 0.717) is 10.6 Å². The van der Waals surface area contributed by atoms with Crippen molar-refractivity contribution in [2.45, 2.75) is 39.8 Å². The standard InChI is InChI=1S/C14H19Cl2FN2O.ClH/c1-7(19-13(20)12(18)14(2,3)4)8-5-11(17)10(16)6-9(8)15;/h5-7,12H,18H2,1-4H3,(H,19,20);1H/t7?,12-;/m1./s1. The monoisotopic (exact) mass is 356 g/mol. The van der Waals surface area contributed by atoms with Gasteiger partial charge in [-0.25, -0.2) is 4.39 Å². The lowest BCUT2D eigenvalue weighted by Crippen LogP contribution is -2.49. The number of rotatable bonds is 3. The third-order valence-corrected chi connectivity index (χ3v) is 3.70. The zero-order valence-corrected chi connectivity index (χ0v) is 14.7. The first-order valence-electron chi connectivity index (χ1n) is 6.24. The summed E-state index contributed by atoms with van der Waals surface area (Å²) in [6.07, 6.45) is 0. The van der Waals surface area contributed by atoms with Crippen LogP contribution in [0.4, 0.5) is 4.39 Å². The Balaban J connectivity index is 0.00000400. The van der Waals surface area contributed by atoms with Gasteiger partial charge in [0.15, 0.2) is 0 Å². The molecule has 21 heavy (non-hydrogen) atoms. The molecular formula is C14H20Cl3FN2O. The van der Waals surface area contributed by atoms with Gasteiger partial charge < -0.3 is 11.1 Å². The molecule has 120 valence electrons. The van der Waals surface area contributed by atoms with Crippen molar-refractivity contribution in [2.75, 3.05) is 0 Å². The predicted molar refractivity (Wildman–Crippen MR) is 87.7 cm³/mol. The van der Waals surface area contributed by atoms with Gasteiger partial charge in [-0.3, -0.25) is 4.79 Å². The first kappa shape index (κ1) is 20.5. The maximum atomic E-state index is 13.5. The zero-order chi connectivity index (χ0) is 15.7. The van der Waals surface area contributed by atoms with E-state index in [0.717, 1.165) is 0 Å². The molecule has 0 radical (unpaired) electrons. The van der Waals surface area contributed by atoms with E-state index in [1.807, 2.05) is 20.8 Å². The number of carbonyl (C=O) groups is 1. The highest BCUT2D eigenvalue weighted by atomic mass is 35.5. The van der Waals surface area contributed by atoms with Gasteiger partial charge in [0.25, 0.3) is 0 Å². The lowest BCUT2D eigenvalue weighted by Gasteiger charge is -2.27. The second kappa shape index (κ2) is 7.63. The van der Waals surface area contributed by atoms with E-state index < -0.39 is 17.9 Å². The third kappa shape index (κ3) is 5.29. The number of nitrogens with one attached hydrogen (secondary N) is 1. The van der Waals surface area contributed by atoms with Crippen molar-refractivity contribution >= 4 is 41.5 Å². The summed E-state index contributed by atoms with van der Waals surface area (Å²) in [5.74, 6) is -0.885. The molecule has 2 atom stereocenters. The Morgan fingerprint density at radius 3 is 2.29 bits per heavy atom. The zero-order valence-electron chi connectivity index (χ0n) is 12.3. The minimum absolute atomic E-state index is 0. The van der Waals surface area contributed by atoms with E-state index in [4.69, 9.17) is 28.9 Å². The average molecular weight is 358 g/mol. The Hall–Kier alpha value is -0.550. The van der Waals surface area contributed by atoms with Gasteiger partial charge in [-0.1, -0.05) is 44.0 Å². The van der Waals surface area contributed by atoms with Crippen molar-refractivity contribution < 1.29 is 9.18 Å². The molecule has 1 rings (SSSR count). The summed E-state index contributed by atoms with van der Waals surface area (Å²) in [5, 5.41) is 2.98. The number of hydrogen-bond donors (Lipinski definition) is 2. The summed E-state index contributed by atoms with van der Waals surface area (Å²) in [6, 6.07) is 1.41. The first-order chi connectivity index (χ1) is 9.04. The van der Waals surface area contributed by atoms with Crippen LogP contribution in [0, 0.1) is 11.2 Å². The molecule has 0 aliphatic rings. The van der Waals surface area contributed by atoms with Crippen LogP contribution in [0.3, 0.4) is 0 Å². The Morgan fingerprint density at radius 2 is 1.81 bits per heavy atom. The first-order valence-corrected chi connectivity index (χ1v) is 7.00. The molecule has 3 N–H and O–H groups in total. The molecule has 0 heterocycles. The van der Waals surface area contributed by atoms with Crippen molar-refractivity contribution in [3.63, 3.8) is 0 Å². The fourth-order valence-corrected chi connectivity index (χ4v) is 2.19. The van der Waals surface area contributed by atoms with Gasteiger partial charge in [0.05, 0.1) is 17.1 Å². The molecule has 7 heteroatoms. The molecule has 1 unspecified atom stereocenters. The molecule has 0 bridgehead atoms. The topological polar surface area (TPSA) is 55.1 Å². The Morgan fingerprint density at radius 1 is 1.29 bits per heavy atom. The van der Waals surface area contributed by atoms with Crippen LogP contribution in [0.2, 0.25) is 10.0 Å². The van der Waals surface area contributed by atoms with Crippen LogP contribution in [0.5, 0.6) is 0 Å². The quantitative estimate of drug-likeness (QED) is 0.800. The fourth-order valence-electron chi connectivity index (χ4n) is 1.64. The van der Waals surface area contributed by atoms with Crippen LogP contribution < -0.4 is 11.1 Å². The summed E-state index contributed by atoms with van der Waals surface area (Å²) in [6.45, 7) is 7.33. The van der Waals surface area contributed by atoms with Gasteiger partial charge in [0, 0.05) is 5.02 Å². The molecule has 0 aliphatic heterocycles. The van der Waals surface area contributed by atoms with E-state index in [1.165, 1.54) is 12.1 Å². The van der Waals surface area contributed by atoms with Crippen molar-refractivity contribution in [1.29, 1.82) is 0 Å². The minimum Gasteiger partial charge on any atom is -0.348 e. The fraction of sp³-hybridized carbons (Fsp3) is 0.500. The van der Waals surface area contributed by atoms with E-state index in [9.17, 15) is 9.18 Å². The summed E-state index contributed by atoms with van der Waals surface area (Å²) in [7, 11) is 0. The van der Waals surface area contributed by atoms with Crippen LogP contribution in [-0.4, -0.2) is 11.9 Å². The molecule has 0 aromatic heterocycles. The minimum atomic E-state index is -0.666. The number of amides is 1.